The van der Waals surface area contributed by atoms with Gasteiger partial charge < -0.3 is 0 Å². The van der Waals surface area contributed by atoms with Gasteiger partial charge in [-0.05, 0) is 68.0 Å². The fraction of sp³-hybridized carbons (Fsp3) is 0.720. The van der Waals surface area contributed by atoms with Gasteiger partial charge in [0.15, 0.2) is 0 Å². The monoisotopic (exact) mass is 524 g/mol. The van der Waals surface area contributed by atoms with Crippen LogP contribution in [0, 0.1) is 29.6 Å². The summed E-state index contributed by atoms with van der Waals surface area (Å²) in [4.78, 5) is 15.8. The van der Waals surface area contributed by atoms with Gasteiger partial charge in [0.25, 0.3) is 0 Å². The van der Waals surface area contributed by atoms with Gasteiger partial charge in [0, 0.05) is 30.7 Å². The SMILES string of the molecule is CN1CNNC1[C@H](C1CCC1)C1CC(C2CNSC2)CC(n2cc3c(C(F)(F)F)cccn3c2=O)C1. The molecule has 4 aliphatic rings. The molecule has 2 aromatic rings. The van der Waals surface area contributed by atoms with Crippen molar-refractivity contribution in [3.05, 3.63) is 40.6 Å². The molecule has 6 atom stereocenters. The van der Waals surface area contributed by atoms with Gasteiger partial charge in [0.1, 0.15) is 0 Å². The van der Waals surface area contributed by atoms with Crippen LogP contribution in [0.2, 0.25) is 0 Å². The first-order valence-corrected chi connectivity index (χ1v) is 14.1. The van der Waals surface area contributed by atoms with Crippen LogP contribution in [0.3, 0.4) is 0 Å². The van der Waals surface area contributed by atoms with E-state index in [-0.39, 0.29) is 23.4 Å². The van der Waals surface area contributed by atoms with E-state index >= 15 is 0 Å². The number of nitrogens with one attached hydrogen (secondary N) is 3. The van der Waals surface area contributed by atoms with Crippen LogP contribution < -0.4 is 21.3 Å². The molecule has 36 heavy (non-hydrogen) atoms. The van der Waals surface area contributed by atoms with Crippen molar-refractivity contribution in [3.63, 3.8) is 0 Å². The molecule has 2 aliphatic carbocycles. The Labute approximate surface area is 213 Å². The highest BCUT2D eigenvalue weighted by molar-refractivity contribution is 7.97. The lowest BCUT2D eigenvalue weighted by Gasteiger charge is -2.48. The van der Waals surface area contributed by atoms with Crippen molar-refractivity contribution in [2.75, 3.05) is 26.0 Å². The second kappa shape index (κ2) is 9.65. The van der Waals surface area contributed by atoms with E-state index in [2.05, 4.69) is 27.5 Å². The quantitative estimate of drug-likeness (QED) is 0.519. The highest BCUT2D eigenvalue weighted by Gasteiger charge is 2.46. The zero-order chi connectivity index (χ0) is 25.0. The highest BCUT2D eigenvalue weighted by Crippen LogP contribution is 2.50. The molecule has 7 nitrogen and oxygen atoms in total. The van der Waals surface area contributed by atoms with E-state index < -0.39 is 11.7 Å². The number of pyridine rings is 1. The maximum atomic E-state index is 13.7. The largest absolute Gasteiger partial charge is 0.418 e. The van der Waals surface area contributed by atoms with Crippen LogP contribution in [0.1, 0.15) is 50.1 Å². The Balaban J connectivity index is 1.38. The van der Waals surface area contributed by atoms with Crippen molar-refractivity contribution in [3.8, 4) is 0 Å². The minimum atomic E-state index is -4.50. The number of alkyl halides is 3. The Morgan fingerprint density at radius 2 is 1.97 bits per heavy atom. The van der Waals surface area contributed by atoms with Crippen molar-refractivity contribution in [2.45, 2.75) is 56.9 Å². The average Bonchev–Trinajstić information content (AvgIpc) is 3.56. The van der Waals surface area contributed by atoms with Crippen LogP contribution in [-0.4, -0.2) is 46.0 Å². The molecular weight excluding hydrogens is 489 g/mol. The normalized spacial score (nSPS) is 33.3. The van der Waals surface area contributed by atoms with Gasteiger partial charge in [-0.25, -0.2) is 15.6 Å². The molecule has 3 N–H and O–H groups in total. The molecule has 5 unspecified atom stereocenters. The third kappa shape index (κ3) is 4.40. The summed E-state index contributed by atoms with van der Waals surface area (Å²) in [7, 11) is 2.14. The lowest BCUT2D eigenvalue weighted by Crippen LogP contribution is -2.51. The van der Waals surface area contributed by atoms with Crippen LogP contribution in [0.25, 0.3) is 5.52 Å². The molecule has 0 aromatic carbocycles. The van der Waals surface area contributed by atoms with E-state index in [1.165, 1.54) is 42.1 Å². The highest BCUT2D eigenvalue weighted by atomic mass is 32.2. The summed E-state index contributed by atoms with van der Waals surface area (Å²) in [6.07, 6.45) is 5.16. The average molecular weight is 525 g/mol. The van der Waals surface area contributed by atoms with E-state index in [9.17, 15) is 18.0 Å². The summed E-state index contributed by atoms with van der Waals surface area (Å²) < 4.78 is 47.4. The molecule has 2 aliphatic heterocycles. The van der Waals surface area contributed by atoms with E-state index in [1.807, 2.05) is 0 Å². The van der Waals surface area contributed by atoms with Crippen LogP contribution >= 0.6 is 11.9 Å². The summed E-state index contributed by atoms with van der Waals surface area (Å²) in [5.41, 5.74) is 5.64. The van der Waals surface area contributed by atoms with Gasteiger partial charge in [0.2, 0.25) is 0 Å². The molecule has 0 amide bonds. The molecule has 11 heteroatoms. The predicted molar refractivity (Wildman–Crippen MR) is 134 cm³/mol. The van der Waals surface area contributed by atoms with Crippen molar-refractivity contribution in [2.24, 2.45) is 29.6 Å². The summed E-state index contributed by atoms with van der Waals surface area (Å²) >= 11 is 1.76. The topological polar surface area (TPSA) is 65.7 Å². The molecular formula is C25H35F3N6OS. The van der Waals surface area contributed by atoms with Gasteiger partial charge >= 0.3 is 11.9 Å². The Kier molecular flexibility index (Phi) is 6.64. The van der Waals surface area contributed by atoms with Crippen molar-refractivity contribution < 1.29 is 13.2 Å². The molecule has 2 saturated heterocycles. The molecule has 0 bridgehead atoms. The number of hydrogen-bond donors (Lipinski definition) is 3. The van der Waals surface area contributed by atoms with Crippen molar-refractivity contribution in [1.82, 2.24) is 29.4 Å². The first-order chi connectivity index (χ1) is 17.3. The number of nitrogens with zero attached hydrogens (tertiary/aromatic N) is 3. The molecule has 2 saturated carbocycles. The minimum absolute atomic E-state index is 0.0521. The van der Waals surface area contributed by atoms with Gasteiger partial charge in [0.05, 0.1) is 23.9 Å². The summed E-state index contributed by atoms with van der Waals surface area (Å²) in [6.45, 7) is 1.75. The van der Waals surface area contributed by atoms with Gasteiger partial charge in [-0.2, -0.15) is 13.2 Å². The van der Waals surface area contributed by atoms with E-state index in [1.54, 1.807) is 16.5 Å². The summed E-state index contributed by atoms with van der Waals surface area (Å²) in [5.74, 6) is 3.51. The number of fused-ring (bicyclic) bond motifs is 1. The Hall–Kier alpha value is -1.53. The standard InChI is InChI=1S/C25H35F3N6OS/c1-32-14-29-31-23(32)22(15-4-2-5-15)17-8-16(18-11-30-36-13-18)9-19(10-17)34-12-21-20(25(26,27)28)6-3-7-33(21)24(34)35/h3,6-7,12,15-19,22-23,29-31H,2,4-5,8-11,13-14H2,1H3/t16?,17?,18?,19?,22-,23?/m1/s1. The number of hydrazine groups is 1. The molecule has 4 heterocycles. The summed E-state index contributed by atoms with van der Waals surface area (Å²) in [5, 5.41) is 0. The van der Waals surface area contributed by atoms with Crippen molar-refractivity contribution in [1.29, 1.82) is 0 Å². The fourth-order valence-electron chi connectivity index (χ4n) is 7.23. The zero-order valence-corrected chi connectivity index (χ0v) is 21.3. The van der Waals surface area contributed by atoms with Gasteiger partial charge in [-0.15, -0.1) is 0 Å². The second-order valence-corrected chi connectivity index (χ2v) is 12.2. The number of halogens is 3. The number of aromatic nitrogens is 2. The second-order valence-electron chi connectivity index (χ2n) is 11.2. The van der Waals surface area contributed by atoms with Crippen LogP contribution in [0.4, 0.5) is 13.2 Å². The van der Waals surface area contributed by atoms with Crippen LogP contribution in [-0.2, 0) is 6.18 Å². The van der Waals surface area contributed by atoms with Crippen LogP contribution in [0.15, 0.2) is 29.3 Å². The third-order valence-corrected chi connectivity index (χ3v) is 10.2. The molecule has 0 spiro atoms. The number of rotatable bonds is 5. The maximum absolute atomic E-state index is 13.7. The molecule has 198 valence electrons. The number of hydrogen-bond acceptors (Lipinski definition) is 6. The lowest BCUT2D eigenvalue weighted by molar-refractivity contribution is -0.136. The van der Waals surface area contributed by atoms with Crippen molar-refractivity contribution >= 4 is 17.5 Å². The summed E-state index contributed by atoms with van der Waals surface area (Å²) in [6, 6.07) is 2.28. The predicted octanol–water partition coefficient (Wildman–Crippen LogP) is 3.68. The first-order valence-electron chi connectivity index (χ1n) is 13.1. The minimum Gasteiger partial charge on any atom is -0.295 e. The Morgan fingerprint density at radius 1 is 1.14 bits per heavy atom. The fourth-order valence-corrected chi connectivity index (χ4v) is 8.28. The zero-order valence-electron chi connectivity index (χ0n) is 20.5. The third-order valence-electron chi connectivity index (χ3n) is 9.24. The van der Waals surface area contributed by atoms with Gasteiger partial charge in [-0.3, -0.25) is 18.6 Å². The molecule has 6 rings (SSSR count). The van der Waals surface area contributed by atoms with E-state index in [0.29, 0.717) is 29.6 Å². The lowest BCUT2D eigenvalue weighted by atomic mass is 9.62. The molecule has 0 radical (unpaired) electrons. The van der Waals surface area contributed by atoms with Crippen LogP contribution in [0.5, 0.6) is 0 Å². The number of imidazole rings is 1. The molecule has 4 fully saturated rings. The Bertz CT molecular complexity index is 1140. The van der Waals surface area contributed by atoms with E-state index in [0.717, 1.165) is 44.3 Å². The smallest absolute Gasteiger partial charge is 0.295 e. The first kappa shape index (κ1) is 24.8. The molecule has 2 aromatic heterocycles. The van der Waals surface area contributed by atoms with E-state index in [4.69, 9.17) is 0 Å². The Morgan fingerprint density at radius 3 is 2.61 bits per heavy atom. The maximum Gasteiger partial charge on any atom is 0.418 e. The van der Waals surface area contributed by atoms with Gasteiger partial charge in [-0.1, -0.05) is 31.2 Å².